The number of H-pyrrole nitrogens is 1. The summed E-state index contributed by atoms with van der Waals surface area (Å²) >= 11 is 0. The Labute approximate surface area is 119 Å². The fraction of sp³-hybridized carbons (Fsp3) is 0.429. The van der Waals surface area contributed by atoms with E-state index >= 15 is 0 Å². The Balaban J connectivity index is 1.68. The molecule has 1 aromatic rings. The molecular formula is C14H14FN3O3. The van der Waals surface area contributed by atoms with Crippen molar-refractivity contribution in [2.45, 2.75) is 19.3 Å². The fourth-order valence-electron chi connectivity index (χ4n) is 3.08. The number of aromatic nitrogens is 2. The zero-order valence-corrected chi connectivity index (χ0v) is 11.2. The summed E-state index contributed by atoms with van der Waals surface area (Å²) in [4.78, 5) is 39.4. The Bertz CT molecular complexity index is 747. The zero-order valence-electron chi connectivity index (χ0n) is 11.2. The smallest absolute Gasteiger partial charge is 0.271 e. The van der Waals surface area contributed by atoms with Crippen LogP contribution < -0.4 is 11.2 Å². The number of nitrogens with one attached hydrogen (secondary N) is 1. The van der Waals surface area contributed by atoms with Crippen LogP contribution in [0.4, 0.5) is 9.18 Å². The van der Waals surface area contributed by atoms with Crippen molar-refractivity contribution in [3.63, 3.8) is 0 Å². The van der Waals surface area contributed by atoms with Crippen LogP contribution in [-0.2, 0) is 0 Å². The molecular weight excluding hydrogens is 277 g/mol. The van der Waals surface area contributed by atoms with Gasteiger partial charge in [-0.3, -0.25) is 9.78 Å². The highest BCUT2D eigenvalue weighted by atomic mass is 19.1. The lowest BCUT2D eigenvalue weighted by Gasteiger charge is -2.14. The van der Waals surface area contributed by atoms with E-state index in [1.807, 2.05) is 0 Å². The first-order chi connectivity index (χ1) is 10.0. The molecule has 21 heavy (non-hydrogen) atoms. The molecule has 2 aliphatic carbocycles. The first-order valence-electron chi connectivity index (χ1n) is 6.81. The van der Waals surface area contributed by atoms with E-state index in [1.54, 1.807) is 4.98 Å². The molecule has 110 valence electrons. The number of aromatic amines is 1. The second-order valence-electron chi connectivity index (χ2n) is 5.48. The number of nitrogens with zero attached hydrogens (tertiary/aromatic N) is 2. The van der Waals surface area contributed by atoms with Crippen molar-refractivity contribution in [2.24, 2.45) is 22.7 Å². The van der Waals surface area contributed by atoms with Gasteiger partial charge in [-0.2, -0.15) is 4.39 Å². The minimum atomic E-state index is -1.20. The molecule has 0 aliphatic heterocycles. The van der Waals surface area contributed by atoms with Crippen molar-refractivity contribution < 1.29 is 9.18 Å². The van der Waals surface area contributed by atoms with E-state index in [1.165, 1.54) is 6.21 Å². The Morgan fingerprint density at radius 1 is 1.43 bits per heavy atom. The van der Waals surface area contributed by atoms with Gasteiger partial charge in [0.2, 0.25) is 5.82 Å². The maximum atomic E-state index is 13.1. The number of amides is 1. The standard InChI is InChI=1S/C14H14FN3O3/c15-11-7-18(14(21)17-12(11)19)13(20)16-4-3-10-6-8-1-2-9(10)5-8/h1-2,4,7-10H,3,5-6H2,(H,17,19,21). The molecule has 2 aliphatic rings. The van der Waals surface area contributed by atoms with Crippen LogP contribution in [-0.4, -0.2) is 21.8 Å². The first-order valence-corrected chi connectivity index (χ1v) is 6.81. The van der Waals surface area contributed by atoms with Gasteiger partial charge < -0.3 is 0 Å². The summed E-state index contributed by atoms with van der Waals surface area (Å²) in [7, 11) is 0. The third kappa shape index (κ3) is 2.63. The van der Waals surface area contributed by atoms with Gasteiger partial charge in [0.1, 0.15) is 0 Å². The van der Waals surface area contributed by atoms with Crippen molar-refractivity contribution in [3.05, 3.63) is 45.0 Å². The van der Waals surface area contributed by atoms with Gasteiger partial charge in [-0.05, 0) is 37.0 Å². The molecule has 0 spiro atoms. The Morgan fingerprint density at radius 2 is 2.24 bits per heavy atom. The number of hydrogen-bond acceptors (Lipinski definition) is 3. The summed E-state index contributed by atoms with van der Waals surface area (Å²) < 4.78 is 13.5. The summed E-state index contributed by atoms with van der Waals surface area (Å²) in [5.41, 5.74) is -2.15. The van der Waals surface area contributed by atoms with Gasteiger partial charge in [-0.15, -0.1) is 0 Å². The molecule has 6 nitrogen and oxygen atoms in total. The highest BCUT2D eigenvalue weighted by Gasteiger charge is 2.34. The van der Waals surface area contributed by atoms with E-state index in [9.17, 15) is 18.8 Å². The van der Waals surface area contributed by atoms with Crippen LogP contribution in [0.5, 0.6) is 0 Å². The van der Waals surface area contributed by atoms with Crippen LogP contribution >= 0.6 is 0 Å². The predicted octanol–water partition coefficient (Wildman–Crippen LogP) is 1.32. The lowest BCUT2D eigenvalue weighted by Crippen LogP contribution is -2.34. The highest BCUT2D eigenvalue weighted by Crippen LogP contribution is 2.44. The average Bonchev–Trinajstić information content (AvgIpc) is 3.05. The van der Waals surface area contributed by atoms with E-state index in [0.717, 1.165) is 12.8 Å². The Kier molecular flexibility index (Phi) is 3.40. The highest BCUT2D eigenvalue weighted by molar-refractivity contribution is 5.85. The van der Waals surface area contributed by atoms with E-state index in [4.69, 9.17) is 0 Å². The summed E-state index contributed by atoms with van der Waals surface area (Å²) in [6.45, 7) is 0. The number of allylic oxidation sites excluding steroid dienone is 2. The van der Waals surface area contributed by atoms with Gasteiger partial charge in [0, 0.05) is 6.21 Å². The SMILES string of the molecule is O=C(N=CCC1CC2C=CC1C2)n1cc(F)c(=O)[nH]c1=O. The molecule has 1 aromatic heterocycles. The fourth-order valence-corrected chi connectivity index (χ4v) is 3.08. The van der Waals surface area contributed by atoms with E-state index in [-0.39, 0.29) is 0 Å². The van der Waals surface area contributed by atoms with Crippen LogP contribution in [0.15, 0.2) is 32.9 Å². The molecule has 0 saturated heterocycles. The van der Waals surface area contributed by atoms with E-state index in [0.29, 0.717) is 34.9 Å². The number of hydrogen-bond donors (Lipinski definition) is 1. The van der Waals surface area contributed by atoms with Gasteiger partial charge in [0.25, 0.3) is 5.56 Å². The molecule has 1 N–H and O–H groups in total. The van der Waals surface area contributed by atoms with Crippen LogP contribution in [0.2, 0.25) is 0 Å². The van der Waals surface area contributed by atoms with Crippen molar-refractivity contribution in [1.82, 2.24) is 9.55 Å². The molecule has 3 unspecified atom stereocenters. The normalized spacial score (nSPS) is 26.8. The second kappa shape index (κ2) is 5.23. The first kappa shape index (κ1) is 13.7. The monoisotopic (exact) mass is 291 g/mol. The van der Waals surface area contributed by atoms with Crippen molar-refractivity contribution >= 4 is 12.2 Å². The number of carbonyl (C=O) groups is 1. The molecule has 0 aromatic carbocycles. The summed E-state index contributed by atoms with van der Waals surface area (Å²) in [6, 6.07) is -0.908. The van der Waals surface area contributed by atoms with Crippen molar-refractivity contribution in [3.8, 4) is 0 Å². The van der Waals surface area contributed by atoms with Crippen LogP contribution in [0.3, 0.4) is 0 Å². The largest absolute Gasteiger partial charge is 0.355 e. The molecule has 1 fully saturated rings. The van der Waals surface area contributed by atoms with Gasteiger partial charge in [0.05, 0.1) is 6.20 Å². The van der Waals surface area contributed by atoms with E-state index < -0.39 is 23.1 Å². The number of carbonyl (C=O) groups excluding carboxylic acids is 1. The summed E-state index contributed by atoms with van der Waals surface area (Å²) in [5, 5.41) is 0. The topological polar surface area (TPSA) is 84.3 Å². The number of halogens is 1. The van der Waals surface area contributed by atoms with Gasteiger partial charge in [-0.25, -0.2) is 19.1 Å². The van der Waals surface area contributed by atoms with E-state index in [2.05, 4.69) is 17.1 Å². The molecule has 0 radical (unpaired) electrons. The van der Waals surface area contributed by atoms with Gasteiger partial charge >= 0.3 is 11.7 Å². The van der Waals surface area contributed by atoms with Crippen LogP contribution in [0.1, 0.15) is 19.3 Å². The van der Waals surface area contributed by atoms with Gasteiger partial charge in [-0.1, -0.05) is 12.2 Å². The Morgan fingerprint density at radius 3 is 2.90 bits per heavy atom. The van der Waals surface area contributed by atoms with Gasteiger partial charge in [0.15, 0.2) is 0 Å². The molecule has 1 amide bonds. The third-order valence-corrected chi connectivity index (χ3v) is 4.13. The number of fused-ring (bicyclic) bond motifs is 2. The lowest BCUT2D eigenvalue weighted by atomic mass is 9.91. The summed E-state index contributed by atoms with van der Waals surface area (Å²) in [6.07, 6.45) is 9.37. The summed E-state index contributed by atoms with van der Waals surface area (Å²) in [5.74, 6) is 0.460. The maximum Gasteiger partial charge on any atom is 0.355 e. The lowest BCUT2D eigenvalue weighted by molar-refractivity contribution is 0.249. The molecule has 3 rings (SSSR count). The maximum absolute atomic E-state index is 13.1. The molecule has 7 heteroatoms. The molecule has 1 heterocycles. The van der Waals surface area contributed by atoms with Crippen LogP contribution in [0, 0.1) is 23.6 Å². The molecule has 2 bridgehead atoms. The molecule has 1 saturated carbocycles. The Hall–Kier alpha value is -2.31. The van der Waals surface area contributed by atoms with Crippen LogP contribution in [0.25, 0.3) is 0 Å². The molecule has 3 atom stereocenters. The minimum absolute atomic E-state index is 0.452. The quantitative estimate of drug-likeness (QED) is 0.658. The number of rotatable bonds is 2. The predicted molar refractivity (Wildman–Crippen MR) is 74.0 cm³/mol. The number of aliphatic imine (C=N–C) groups is 1. The third-order valence-electron chi connectivity index (χ3n) is 4.13. The average molecular weight is 291 g/mol. The second-order valence-corrected chi connectivity index (χ2v) is 5.48. The minimum Gasteiger partial charge on any atom is -0.271 e. The van der Waals surface area contributed by atoms with Crippen molar-refractivity contribution in [2.75, 3.05) is 0 Å². The van der Waals surface area contributed by atoms with Crippen molar-refractivity contribution in [1.29, 1.82) is 0 Å². The zero-order chi connectivity index (χ0) is 15.0.